The average molecular weight is 313 g/mol. The van der Waals surface area contributed by atoms with Gasteiger partial charge in [-0.2, -0.15) is 0 Å². The van der Waals surface area contributed by atoms with Crippen molar-refractivity contribution in [3.05, 3.63) is 54.1 Å². The normalized spacial score (nSPS) is 11.2. The summed E-state index contributed by atoms with van der Waals surface area (Å²) >= 11 is 0. The van der Waals surface area contributed by atoms with Gasteiger partial charge in [0.15, 0.2) is 0 Å². The van der Waals surface area contributed by atoms with Gasteiger partial charge in [-0.1, -0.05) is 6.07 Å². The van der Waals surface area contributed by atoms with Crippen LogP contribution in [0.4, 0.5) is 14.5 Å². The fourth-order valence-electron chi connectivity index (χ4n) is 1.67. The number of rotatable bonds is 5. The van der Waals surface area contributed by atoms with Gasteiger partial charge < -0.3 is 4.74 Å². The maximum Gasteiger partial charge on any atom is 0.262 e. The van der Waals surface area contributed by atoms with Crippen LogP contribution in [0.5, 0.6) is 5.75 Å². The van der Waals surface area contributed by atoms with E-state index in [-0.39, 0.29) is 4.90 Å². The maximum atomic E-state index is 13.5. The van der Waals surface area contributed by atoms with Crippen LogP contribution in [-0.4, -0.2) is 15.0 Å². The van der Waals surface area contributed by atoms with E-state index >= 15 is 0 Å². The van der Waals surface area contributed by atoms with Gasteiger partial charge in [0.2, 0.25) is 0 Å². The number of benzene rings is 2. The monoisotopic (exact) mass is 313 g/mol. The van der Waals surface area contributed by atoms with Gasteiger partial charge in [0.05, 0.1) is 11.5 Å². The van der Waals surface area contributed by atoms with Gasteiger partial charge in [0.25, 0.3) is 10.0 Å². The highest BCUT2D eigenvalue weighted by atomic mass is 32.2. The SMILES string of the molecule is CCOc1ccc(S(=O)(=O)Nc2c(F)cccc2F)cc1. The van der Waals surface area contributed by atoms with Crippen LogP contribution in [-0.2, 0) is 10.0 Å². The number of nitrogens with one attached hydrogen (secondary N) is 1. The molecular formula is C14H13F2NO3S. The molecule has 0 saturated heterocycles. The topological polar surface area (TPSA) is 55.4 Å². The minimum absolute atomic E-state index is 0.117. The lowest BCUT2D eigenvalue weighted by atomic mass is 10.3. The second-order valence-electron chi connectivity index (χ2n) is 4.11. The smallest absolute Gasteiger partial charge is 0.262 e. The van der Waals surface area contributed by atoms with Gasteiger partial charge >= 0.3 is 0 Å². The minimum atomic E-state index is -4.08. The molecule has 0 fully saturated rings. The third kappa shape index (κ3) is 3.49. The van der Waals surface area contributed by atoms with E-state index in [0.717, 1.165) is 18.2 Å². The van der Waals surface area contributed by atoms with Crippen LogP contribution in [0.3, 0.4) is 0 Å². The van der Waals surface area contributed by atoms with E-state index < -0.39 is 27.3 Å². The molecule has 7 heteroatoms. The molecule has 0 unspecified atom stereocenters. The molecule has 0 radical (unpaired) electrons. The van der Waals surface area contributed by atoms with E-state index in [4.69, 9.17) is 4.74 Å². The first kappa shape index (κ1) is 15.2. The highest BCUT2D eigenvalue weighted by Gasteiger charge is 2.19. The molecule has 2 aromatic carbocycles. The highest BCUT2D eigenvalue weighted by molar-refractivity contribution is 7.92. The van der Waals surface area contributed by atoms with Crippen molar-refractivity contribution >= 4 is 15.7 Å². The third-order valence-corrected chi connectivity index (χ3v) is 4.01. The lowest BCUT2D eigenvalue weighted by Crippen LogP contribution is -2.15. The summed E-state index contributed by atoms with van der Waals surface area (Å²) in [5.41, 5.74) is -0.702. The van der Waals surface area contributed by atoms with Crippen molar-refractivity contribution in [3.8, 4) is 5.75 Å². The Labute approximate surface area is 121 Å². The van der Waals surface area contributed by atoms with Crippen molar-refractivity contribution in [2.75, 3.05) is 11.3 Å². The fraction of sp³-hybridized carbons (Fsp3) is 0.143. The van der Waals surface area contributed by atoms with Gasteiger partial charge in [-0.3, -0.25) is 4.72 Å². The van der Waals surface area contributed by atoms with Gasteiger partial charge in [-0.15, -0.1) is 0 Å². The molecule has 112 valence electrons. The first-order valence-corrected chi connectivity index (χ1v) is 7.62. The quantitative estimate of drug-likeness (QED) is 0.922. The Hall–Kier alpha value is -2.15. The molecule has 0 aliphatic rings. The third-order valence-electron chi connectivity index (χ3n) is 2.64. The number of ether oxygens (including phenoxy) is 1. The summed E-state index contributed by atoms with van der Waals surface area (Å²) < 4.78 is 58.2. The zero-order valence-corrected chi connectivity index (χ0v) is 12.0. The molecule has 1 N–H and O–H groups in total. The molecule has 0 amide bonds. The van der Waals surface area contributed by atoms with Crippen molar-refractivity contribution < 1.29 is 21.9 Å². The molecule has 2 aromatic rings. The first-order valence-electron chi connectivity index (χ1n) is 6.13. The van der Waals surface area contributed by atoms with E-state index in [0.29, 0.717) is 12.4 Å². The number of halogens is 2. The van der Waals surface area contributed by atoms with Crippen molar-refractivity contribution in [3.63, 3.8) is 0 Å². The summed E-state index contributed by atoms with van der Waals surface area (Å²) in [4.78, 5) is -0.117. The molecule has 0 aromatic heterocycles. The summed E-state index contributed by atoms with van der Waals surface area (Å²) in [5.74, 6) is -1.46. The van der Waals surface area contributed by atoms with Crippen LogP contribution in [0.1, 0.15) is 6.92 Å². The Morgan fingerprint density at radius 3 is 2.14 bits per heavy atom. The summed E-state index contributed by atoms with van der Waals surface area (Å²) in [5, 5.41) is 0. The summed E-state index contributed by atoms with van der Waals surface area (Å²) in [6.07, 6.45) is 0. The predicted molar refractivity (Wildman–Crippen MR) is 74.8 cm³/mol. The Morgan fingerprint density at radius 2 is 1.62 bits per heavy atom. The first-order chi connectivity index (χ1) is 9.94. The van der Waals surface area contributed by atoms with Crippen LogP contribution >= 0.6 is 0 Å². The molecule has 4 nitrogen and oxygen atoms in total. The van der Waals surface area contributed by atoms with Gasteiger partial charge in [0.1, 0.15) is 23.1 Å². The predicted octanol–water partition coefficient (Wildman–Crippen LogP) is 3.16. The molecule has 0 aliphatic carbocycles. The second-order valence-corrected chi connectivity index (χ2v) is 5.79. The van der Waals surface area contributed by atoms with E-state index in [2.05, 4.69) is 0 Å². The number of hydrogen-bond donors (Lipinski definition) is 1. The van der Waals surface area contributed by atoms with Crippen molar-refractivity contribution in [1.29, 1.82) is 0 Å². The van der Waals surface area contributed by atoms with E-state index in [1.807, 2.05) is 4.72 Å². The number of hydrogen-bond acceptors (Lipinski definition) is 3. The lowest BCUT2D eigenvalue weighted by Gasteiger charge is -2.10. The Kier molecular flexibility index (Phi) is 4.42. The van der Waals surface area contributed by atoms with Crippen molar-refractivity contribution in [1.82, 2.24) is 0 Å². The average Bonchev–Trinajstić information content (AvgIpc) is 2.44. The van der Waals surface area contributed by atoms with E-state index in [9.17, 15) is 17.2 Å². The number of para-hydroxylation sites is 1. The van der Waals surface area contributed by atoms with Crippen LogP contribution in [0.15, 0.2) is 47.4 Å². The van der Waals surface area contributed by atoms with E-state index in [1.165, 1.54) is 24.3 Å². The molecule has 0 atom stereocenters. The number of anilines is 1. The summed E-state index contributed by atoms with van der Waals surface area (Å²) in [6, 6.07) is 8.63. The largest absolute Gasteiger partial charge is 0.494 e. The molecule has 0 saturated carbocycles. The molecule has 0 bridgehead atoms. The van der Waals surface area contributed by atoms with Gasteiger partial charge in [0, 0.05) is 0 Å². The fourth-order valence-corrected chi connectivity index (χ4v) is 2.75. The van der Waals surface area contributed by atoms with Gasteiger partial charge in [-0.25, -0.2) is 17.2 Å². The molecular weight excluding hydrogens is 300 g/mol. The Bertz CT molecular complexity index is 710. The molecule has 2 rings (SSSR count). The zero-order valence-electron chi connectivity index (χ0n) is 11.1. The Balaban J connectivity index is 2.30. The molecule has 21 heavy (non-hydrogen) atoms. The highest BCUT2D eigenvalue weighted by Crippen LogP contribution is 2.23. The van der Waals surface area contributed by atoms with Crippen LogP contribution in [0.25, 0.3) is 0 Å². The second kappa shape index (κ2) is 6.09. The van der Waals surface area contributed by atoms with E-state index in [1.54, 1.807) is 6.92 Å². The van der Waals surface area contributed by atoms with Crippen LogP contribution in [0.2, 0.25) is 0 Å². The molecule has 0 heterocycles. The minimum Gasteiger partial charge on any atom is -0.494 e. The van der Waals surface area contributed by atoms with Crippen LogP contribution < -0.4 is 9.46 Å². The van der Waals surface area contributed by atoms with Crippen LogP contribution in [0, 0.1) is 11.6 Å². The number of sulfonamides is 1. The van der Waals surface area contributed by atoms with Gasteiger partial charge in [-0.05, 0) is 43.3 Å². The Morgan fingerprint density at radius 1 is 1.05 bits per heavy atom. The molecule has 0 spiro atoms. The maximum absolute atomic E-state index is 13.5. The van der Waals surface area contributed by atoms with Crippen molar-refractivity contribution in [2.45, 2.75) is 11.8 Å². The lowest BCUT2D eigenvalue weighted by molar-refractivity contribution is 0.340. The molecule has 0 aliphatic heterocycles. The summed E-state index contributed by atoms with van der Waals surface area (Å²) in [6.45, 7) is 2.25. The zero-order chi connectivity index (χ0) is 15.5. The van der Waals surface area contributed by atoms with Crippen molar-refractivity contribution in [2.24, 2.45) is 0 Å². The standard InChI is InChI=1S/C14H13F2NO3S/c1-2-20-10-6-8-11(9-7-10)21(18,19)17-14-12(15)4-3-5-13(14)16/h3-9,17H,2H2,1H3. The summed E-state index contributed by atoms with van der Waals surface area (Å²) in [7, 11) is -4.08.